The quantitative estimate of drug-likeness (QED) is 0.176. The van der Waals surface area contributed by atoms with Crippen molar-refractivity contribution in [3.8, 4) is 0 Å². The van der Waals surface area contributed by atoms with Crippen LogP contribution in [0.25, 0.3) is 0 Å². The van der Waals surface area contributed by atoms with Crippen LogP contribution < -0.4 is 15.6 Å². The van der Waals surface area contributed by atoms with E-state index in [0.717, 1.165) is 6.42 Å². The van der Waals surface area contributed by atoms with Crippen molar-refractivity contribution in [1.82, 2.24) is 0 Å². The molecule has 0 spiro atoms. The number of hydrogen-bond donors (Lipinski definition) is 0. The summed E-state index contributed by atoms with van der Waals surface area (Å²) >= 11 is 0. The average Bonchev–Trinajstić information content (AvgIpc) is 3.48. The van der Waals surface area contributed by atoms with Gasteiger partial charge in [-0.15, -0.1) is 0 Å². The first kappa shape index (κ1) is 42.1. The minimum Gasteiger partial charge on any atom is -0.0790 e. The molecule has 0 amide bonds. The van der Waals surface area contributed by atoms with Gasteiger partial charge in [0.15, 0.2) is 8.07 Å². The smallest absolute Gasteiger partial charge is 0.0790 e. The van der Waals surface area contributed by atoms with E-state index in [1.807, 2.05) is 0 Å². The van der Waals surface area contributed by atoms with Crippen LogP contribution >= 0.6 is 0 Å². The van der Waals surface area contributed by atoms with E-state index in [4.69, 9.17) is 0 Å². The fourth-order valence-corrected chi connectivity index (χ4v) is 13.5. The lowest BCUT2D eigenvalue weighted by Crippen LogP contribution is -2.70. The van der Waals surface area contributed by atoms with Crippen LogP contribution in [0.2, 0.25) is 5.54 Å². The Morgan fingerprint density at radius 1 is 0.442 bits per heavy atom. The van der Waals surface area contributed by atoms with Gasteiger partial charge in [-0.2, -0.15) is 0 Å². The van der Waals surface area contributed by atoms with Crippen molar-refractivity contribution in [2.75, 3.05) is 0 Å². The molecule has 2 atom stereocenters. The van der Waals surface area contributed by atoms with Gasteiger partial charge in [-0.1, -0.05) is 217 Å². The third-order valence-electron chi connectivity index (χ3n) is 12.0. The van der Waals surface area contributed by atoms with Crippen molar-refractivity contribution in [2.45, 2.75) is 183 Å². The Morgan fingerprint density at radius 3 is 0.904 bits per heavy atom. The number of benzene rings is 3. The number of hydrogen-bond acceptors (Lipinski definition) is 0. The third-order valence-corrected chi connectivity index (χ3v) is 17.0. The van der Waals surface area contributed by atoms with E-state index >= 15 is 0 Å². The van der Waals surface area contributed by atoms with Crippen LogP contribution in [0.3, 0.4) is 0 Å². The molecule has 0 saturated heterocycles. The zero-order chi connectivity index (χ0) is 39.6. The summed E-state index contributed by atoms with van der Waals surface area (Å²) in [4.78, 5) is 0. The molecule has 0 fully saturated rings. The van der Waals surface area contributed by atoms with E-state index in [2.05, 4.69) is 211 Å². The predicted molar refractivity (Wildman–Crippen MR) is 237 cm³/mol. The lowest BCUT2D eigenvalue weighted by atomic mass is 9.80. The van der Waals surface area contributed by atoms with Gasteiger partial charge in [0.1, 0.15) is 0 Å². The number of rotatable bonds is 6. The van der Waals surface area contributed by atoms with Gasteiger partial charge in [0.05, 0.1) is 0 Å². The van der Waals surface area contributed by atoms with E-state index in [-0.39, 0.29) is 38.0 Å². The molecule has 2 unspecified atom stereocenters. The van der Waals surface area contributed by atoms with E-state index in [9.17, 15) is 0 Å². The molecule has 3 aromatic rings. The Kier molecular flexibility index (Phi) is 11.2. The highest BCUT2D eigenvalue weighted by atomic mass is 28.3. The fourth-order valence-electron chi connectivity index (χ4n) is 7.80. The predicted octanol–water partition coefficient (Wildman–Crippen LogP) is 12.9. The van der Waals surface area contributed by atoms with Gasteiger partial charge < -0.3 is 0 Å². The molecule has 0 aromatic heterocycles. The van der Waals surface area contributed by atoms with Crippen molar-refractivity contribution < 1.29 is 0 Å². The molecule has 1 heteroatoms. The third kappa shape index (κ3) is 8.51. The summed E-state index contributed by atoms with van der Waals surface area (Å²) < 4.78 is 0. The maximum atomic E-state index is 2.67. The highest BCUT2D eigenvalue weighted by Crippen LogP contribution is 2.43. The van der Waals surface area contributed by atoms with Crippen molar-refractivity contribution in [3.05, 3.63) is 112 Å². The molecule has 0 bridgehead atoms. The first-order valence-electron chi connectivity index (χ1n) is 20.3. The van der Waals surface area contributed by atoms with Gasteiger partial charge in [0.25, 0.3) is 0 Å². The molecule has 1 aliphatic carbocycles. The highest BCUT2D eigenvalue weighted by Gasteiger charge is 2.50. The van der Waals surface area contributed by atoms with Gasteiger partial charge in [-0.3, -0.25) is 0 Å². The molecule has 0 saturated carbocycles. The summed E-state index contributed by atoms with van der Waals surface area (Å²) in [6, 6.07) is 23.6. The molecular weight excluding hydrogens is 641 g/mol. The lowest BCUT2D eigenvalue weighted by Gasteiger charge is -2.44. The SMILES string of the molecule is CCC(C)C1=CC=CC1[Si](c1cc(C(C)(C)C)cc(C(C)(C)C)c1)(c1cc(C(C)(C)C)cc(C(C)(C)C)c1)c1cc(C(C)(C)C)cc(C(C)(C)C)c1. The Labute approximate surface area is 323 Å². The highest BCUT2D eigenvalue weighted by molar-refractivity contribution is 7.13. The van der Waals surface area contributed by atoms with Gasteiger partial charge in [0.2, 0.25) is 0 Å². The Hall–Kier alpha value is -2.64. The molecular formula is C51H76Si. The molecule has 0 aliphatic heterocycles. The molecule has 3 aromatic carbocycles. The van der Waals surface area contributed by atoms with Crippen LogP contribution in [0.15, 0.2) is 78.4 Å². The molecule has 0 heterocycles. The molecule has 52 heavy (non-hydrogen) atoms. The largest absolute Gasteiger partial charge is 0.159 e. The van der Waals surface area contributed by atoms with Crippen LogP contribution in [-0.4, -0.2) is 8.07 Å². The van der Waals surface area contributed by atoms with Crippen molar-refractivity contribution in [1.29, 1.82) is 0 Å². The Balaban J connectivity index is 2.48. The van der Waals surface area contributed by atoms with Crippen molar-refractivity contribution >= 4 is 23.6 Å². The molecule has 0 N–H and O–H groups in total. The first-order valence-corrected chi connectivity index (χ1v) is 22.4. The monoisotopic (exact) mass is 717 g/mol. The van der Waals surface area contributed by atoms with Crippen LogP contribution in [0.1, 0.15) is 178 Å². The minimum absolute atomic E-state index is 0.00466. The normalized spacial score (nSPS) is 17.1. The number of allylic oxidation sites excluding steroid dienone is 4. The fraction of sp³-hybridized carbons (Fsp3) is 0.569. The van der Waals surface area contributed by atoms with E-state index in [1.54, 1.807) is 21.1 Å². The van der Waals surface area contributed by atoms with Gasteiger partial charge in [-0.25, -0.2) is 0 Å². The molecule has 0 radical (unpaired) electrons. The summed E-state index contributed by atoms with van der Waals surface area (Å²) in [6.07, 6.45) is 8.65. The van der Waals surface area contributed by atoms with E-state index in [0.29, 0.717) is 5.92 Å². The molecule has 4 rings (SSSR count). The van der Waals surface area contributed by atoms with Crippen LogP contribution in [0.5, 0.6) is 0 Å². The van der Waals surface area contributed by atoms with Crippen molar-refractivity contribution in [3.63, 3.8) is 0 Å². The van der Waals surface area contributed by atoms with Gasteiger partial charge in [-0.05, 0) is 93.8 Å². The van der Waals surface area contributed by atoms with Crippen molar-refractivity contribution in [2.24, 2.45) is 5.92 Å². The van der Waals surface area contributed by atoms with Crippen LogP contribution in [0, 0.1) is 5.92 Å². The average molecular weight is 717 g/mol. The van der Waals surface area contributed by atoms with E-state index in [1.165, 1.54) is 33.4 Å². The molecule has 0 nitrogen and oxygen atoms in total. The van der Waals surface area contributed by atoms with Gasteiger partial charge >= 0.3 is 0 Å². The zero-order valence-electron chi connectivity index (χ0n) is 37.3. The molecule has 1 aliphatic rings. The summed E-state index contributed by atoms with van der Waals surface area (Å²) in [5.41, 5.74) is 10.6. The second-order valence-corrected chi connectivity index (χ2v) is 26.5. The van der Waals surface area contributed by atoms with E-state index < -0.39 is 8.07 Å². The summed E-state index contributed by atoms with van der Waals surface area (Å²) in [5.74, 6) is 0.487. The Bertz CT molecular complexity index is 1540. The maximum absolute atomic E-state index is 2.95. The standard InChI is InChI=1S/C51H76Si/c1-21-34(2)44-23-22-24-45(44)52(41-28-35(46(3,4)5)25-36(29-41)47(6,7)8,42-30-37(48(9,10)11)26-38(31-42)49(12,13)14)43-32-39(50(15,16)17)27-40(33-43)51(18,19)20/h22-34,45H,21H2,1-20H3. The minimum atomic E-state index is -2.95. The summed E-state index contributed by atoms with van der Waals surface area (Å²) in [5, 5.41) is 4.65. The van der Waals surface area contributed by atoms with Gasteiger partial charge in [0, 0.05) is 5.54 Å². The van der Waals surface area contributed by atoms with Crippen LogP contribution in [-0.2, 0) is 32.5 Å². The summed E-state index contributed by atoms with van der Waals surface area (Å²) in [6.45, 7) is 48.0. The Morgan fingerprint density at radius 2 is 0.692 bits per heavy atom. The second kappa shape index (κ2) is 13.9. The summed E-state index contributed by atoms with van der Waals surface area (Å²) in [7, 11) is -2.95. The van der Waals surface area contributed by atoms with Crippen LogP contribution in [0.4, 0.5) is 0 Å². The molecule has 284 valence electrons. The first-order chi connectivity index (χ1) is 23.4. The second-order valence-electron chi connectivity index (χ2n) is 22.5. The topological polar surface area (TPSA) is 0 Å². The zero-order valence-corrected chi connectivity index (χ0v) is 38.3. The maximum Gasteiger partial charge on any atom is 0.159 e. The lowest BCUT2D eigenvalue weighted by molar-refractivity contribution is 0.569.